The van der Waals surface area contributed by atoms with Crippen molar-refractivity contribution in [2.45, 2.75) is 19.9 Å². The third-order valence-electron chi connectivity index (χ3n) is 4.10. The molecule has 0 radical (unpaired) electrons. The van der Waals surface area contributed by atoms with Gasteiger partial charge in [0.2, 0.25) is 0 Å². The number of carboxylic acids is 1. The predicted molar refractivity (Wildman–Crippen MR) is 83.0 cm³/mol. The van der Waals surface area contributed by atoms with Gasteiger partial charge in [0.25, 0.3) is 5.91 Å². The first-order valence-corrected chi connectivity index (χ1v) is 7.31. The maximum Gasteiger partial charge on any atom is 0.356 e. The fourth-order valence-electron chi connectivity index (χ4n) is 3.08. The Labute approximate surface area is 133 Å². The Kier molecular flexibility index (Phi) is 3.60. The van der Waals surface area contributed by atoms with Crippen LogP contribution in [0.15, 0.2) is 42.7 Å². The van der Waals surface area contributed by atoms with Crippen LogP contribution in [0.1, 0.15) is 46.4 Å². The van der Waals surface area contributed by atoms with Gasteiger partial charge in [0.15, 0.2) is 5.69 Å². The summed E-state index contributed by atoms with van der Waals surface area (Å²) >= 11 is 0. The lowest BCUT2D eigenvalue weighted by atomic mass is 9.71. The summed E-state index contributed by atoms with van der Waals surface area (Å²) in [4.78, 5) is 32.9. The van der Waals surface area contributed by atoms with Crippen LogP contribution in [0.5, 0.6) is 0 Å². The molecule has 0 bridgehead atoms. The molecule has 2 heterocycles. The number of carbonyl (C=O) groups is 2. The number of aromatic carboxylic acids is 1. The van der Waals surface area contributed by atoms with Crippen molar-refractivity contribution in [3.8, 4) is 0 Å². The Balaban J connectivity index is 1.86. The van der Waals surface area contributed by atoms with E-state index in [1.54, 1.807) is 4.90 Å². The van der Waals surface area contributed by atoms with E-state index in [1.165, 1.54) is 6.20 Å². The summed E-state index contributed by atoms with van der Waals surface area (Å²) in [7, 11) is 0. The third-order valence-corrected chi connectivity index (χ3v) is 4.10. The van der Waals surface area contributed by atoms with Gasteiger partial charge in [0.05, 0.1) is 18.4 Å². The van der Waals surface area contributed by atoms with Gasteiger partial charge in [-0.3, -0.25) is 4.79 Å². The average Bonchev–Trinajstić information content (AvgIpc) is 2.53. The quantitative estimate of drug-likeness (QED) is 0.941. The van der Waals surface area contributed by atoms with E-state index in [0.29, 0.717) is 6.54 Å². The Hall–Kier alpha value is -2.76. The zero-order chi connectivity index (χ0) is 16.6. The zero-order valence-corrected chi connectivity index (χ0v) is 12.9. The van der Waals surface area contributed by atoms with Gasteiger partial charge >= 0.3 is 5.97 Å². The van der Waals surface area contributed by atoms with Crippen molar-refractivity contribution >= 4 is 11.9 Å². The van der Waals surface area contributed by atoms with E-state index < -0.39 is 5.97 Å². The number of likely N-dealkylation sites (tertiary alicyclic amines) is 1. The molecule has 1 amide bonds. The zero-order valence-electron chi connectivity index (χ0n) is 12.9. The Morgan fingerprint density at radius 3 is 2.26 bits per heavy atom. The van der Waals surface area contributed by atoms with Gasteiger partial charge in [-0.15, -0.1) is 0 Å². The lowest BCUT2D eigenvalue weighted by molar-refractivity contribution is -0.0326. The molecule has 0 aliphatic carbocycles. The highest BCUT2D eigenvalue weighted by Crippen LogP contribution is 2.48. The molecule has 6 nitrogen and oxygen atoms in total. The summed E-state index contributed by atoms with van der Waals surface area (Å²) in [6.45, 7) is 4.86. The number of benzene rings is 1. The molecule has 1 N–H and O–H groups in total. The van der Waals surface area contributed by atoms with Crippen LogP contribution in [0, 0.1) is 5.41 Å². The van der Waals surface area contributed by atoms with Crippen LogP contribution >= 0.6 is 0 Å². The Morgan fingerprint density at radius 1 is 1.13 bits per heavy atom. The number of aromatic nitrogens is 2. The molecule has 2 aromatic rings. The normalized spacial score (nSPS) is 19.0. The summed E-state index contributed by atoms with van der Waals surface area (Å²) in [6, 6.07) is 9.83. The van der Waals surface area contributed by atoms with Crippen LogP contribution < -0.4 is 0 Å². The van der Waals surface area contributed by atoms with E-state index in [-0.39, 0.29) is 28.8 Å². The number of hydrogen-bond acceptors (Lipinski definition) is 4. The first kappa shape index (κ1) is 15.1. The highest BCUT2D eigenvalue weighted by Gasteiger charge is 2.49. The van der Waals surface area contributed by atoms with Crippen LogP contribution in [-0.4, -0.2) is 38.4 Å². The van der Waals surface area contributed by atoms with Crippen molar-refractivity contribution < 1.29 is 14.7 Å². The van der Waals surface area contributed by atoms with E-state index in [4.69, 9.17) is 5.11 Å². The summed E-state index contributed by atoms with van der Waals surface area (Å²) in [5.41, 5.74) is 1.04. The SMILES string of the molecule is CC1(C)CN(C(=O)c2cnc(C(=O)O)cn2)C1c1ccccc1. The van der Waals surface area contributed by atoms with Crippen molar-refractivity contribution in [3.63, 3.8) is 0 Å². The van der Waals surface area contributed by atoms with Crippen LogP contribution in [-0.2, 0) is 0 Å². The smallest absolute Gasteiger partial charge is 0.356 e. The van der Waals surface area contributed by atoms with E-state index in [2.05, 4.69) is 23.8 Å². The summed E-state index contributed by atoms with van der Waals surface area (Å²) in [5.74, 6) is -1.40. The molecule has 1 unspecified atom stereocenters. The largest absolute Gasteiger partial charge is 0.476 e. The number of nitrogens with zero attached hydrogens (tertiary/aromatic N) is 3. The van der Waals surface area contributed by atoms with Gasteiger partial charge < -0.3 is 10.0 Å². The van der Waals surface area contributed by atoms with E-state index >= 15 is 0 Å². The van der Waals surface area contributed by atoms with Crippen LogP contribution in [0.3, 0.4) is 0 Å². The van der Waals surface area contributed by atoms with Crippen LogP contribution in [0.4, 0.5) is 0 Å². The van der Waals surface area contributed by atoms with Crippen LogP contribution in [0.2, 0.25) is 0 Å². The Bertz CT molecular complexity index is 741. The van der Waals surface area contributed by atoms with Crippen molar-refractivity contribution in [1.29, 1.82) is 0 Å². The second-order valence-corrected chi connectivity index (χ2v) is 6.33. The summed E-state index contributed by atoms with van der Waals surface area (Å²) in [5, 5.41) is 8.84. The van der Waals surface area contributed by atoms with Gasteiger partial charge in [-0.2, -0.15) is 0 Å². The number of carbonyl (C=O) groups excluding carboxylic acids is 1. The van der Waals surface area contributed by atoms with E-state index in [1.807, 2.05) is 30.3 Å². The molecular weight excluding hydrogens is 294 g/mol. The van der Waals surface area contributed by atoms with Gasteiger partial charge in [-0.05, 0) is 5.56 Å². The minimum atomic E-state index is -1.16. The fraction of sp³-hybridized carbons (Fsp3) is 0.294. The molecule has 1 aromatic carbocycles. The molecule has 1 aliphatic heterocycles. The third kappa shape index (κ3) is 2.67. The summed E-state index contributed by atoms with van der Waals surface area (Å²) in [6.07, 6.45) is 2.33. The van der Waals surface area contributed by atoms with Crippen molar-refractivity contribution in [3.05, 3.63) is 59.7 Å². The second-order valence-electron chi connectivity index (χ2n) is 6.33. The second kappa shape index (κ2) is 5.46. The Morgan fingerprint density at radius 2 is 1.74 bits per heavy atom. The van der Waals surface area contributed by atoms with E-state index in [0.717, 1.165) is 11.8 Å². The maximum atomic E-state index is 12.7. The number of hydrogen-bond donors (Lipinski definition) is 1. The van der Waals surface area contributed by atoms with Crippen molar-refractivity contribution in [2.24, 2.45) is 5.41 Å². The van der Waals surface area contributed by atoms with Crippen molar-refractivity contribution in [1.82, 2.24) is 14.9 Å². The molecule has 23 heavy (non-hydrogen) atoms. The first-order chi connectivity index (χ1) is 10.9. The maximum absolute atomic E-state index is 12.7. The monoisotopic (exact) mass is 311 g/mol. The van der Waals surface area contributed by atoms with Gasteiger partial charge in [-0.25, -0.2) is 14.8 Å². The molecule has 1 atom stereocenters. The lowest BCUT2D eigenvalue weighted by Gasteiger charge is -2.54. The van der Waals surface area contributed by atoms with Crippen LogP contribution in [0.25, 0.3) is 0 Å². The molecule has 6 heteroatoms. The molecular formula is C17H17N3O3. The minimum absolute atomic E-state index is 0.0224. The average molecular weight is 311 g/mol. The minimum Gasteiger partial charge on any atom is -0.476 e. The molecule has 1 fully saturated rings. The van der Waals surface area contributed by atoms with Gasteiger partial charge in [-0.1, -0.05) is 44.2 Å². The van der Waals surface area contributed by atoms with Gasteiger partial charge in [0, 0.05) is 12.0 Å². The topological polar surface area (TPSA) is 83.4 Å². The molecule has 1 aliphatic rings. The molecule has 1 aromatic heterocycles. The number of amides is 1. The molecule has 1 saturated heterocycles. The van der Waals surface area contributed by atoms with Gasteiger partial charge in [0.1, 0.15) is 5.69 Å². The fourth-order valence-corrected chi connectivity index (χ4v) is 3.08. The van der Waals surface area contributed by atoms with E-state index in [9.17, 15) is 9.59 Å². The molecule has 0 saturated carbocycles. The first-order valence-electron chi connectivity index (χ1n) is 7.31. The predicted octanol–water partition coefficient (Wildman–Crippen LogP) is 2.40. The van der Waals surface area contributed by atoms with Crippen molar-refractivity contribution in [2.75, 3.05) is 6.54 Å². The highest BCUT2D eigenvalue weighted by molar-refractivity contribution is 5.93. The highest BCUT2D eigenvalue weighted by atomic mass is 16.4. The number of carboxylic acid groups (broad SMARTS) is 1. The standard InChI is InChI=1S/C17H17N3O3/c1-17(2)10-20(14(17)11-6-4-3-5-7-11)15(21)12-8-19-13(9-18-12)16(22)23/h3-9,14H,10H2,1-2H3,(H,22,23). The molecule has 118 valence electrons. The molecule has 0 spiro atoms. The lowest BCUT2D eigenvalue weighted by Crippen LogP contribution is -2.58. The number of rotatable bonds is 3. The molecule has 3 rings (SSSR count). The summed E-state index contributed by atoms with van der Waals surface area (Å²) < 4.78 is 0.